The van der Waals surface area contributed by atoms with Gasteiger partial charge in [0.1, 0.15) is 5.82 Å². The van der Waals surface area contributed by atoms with Gasteiger partial charge in [-0.3, -0.25) is 9.69 Å². The number of carbonyl (C=O) groups excluding carboxylic acids is 1. The van der Waals surface area contributed by atoms with Crippen LogP contribution in [0.25, 0.3) is 0 Å². The van der Waals surface area contributed by atoms with E-state index in [0.717, 1.165) is 18.4 Å². The molecular weight excluding hydrogens is 245 g/mol. The molecule has 0 unspecified atom stereocenters. The molecule has 0 aliphatic heterocycles. The van der Waals surface area contributed by atoms with Crippen molar-refractivity contribution in [3.05, 3.63) is 29.6 Å². The molecule has 0 radical (unpaired) electrons. The zero-order valence-corrected chi connectivity index (χ0v) is 10.9. The van der Waals surface area contributed by atoms with E-state index in [0.29, 0.717) is 18.3 Å². The maximum atomic E-state index is 13.0. The van der Waals surface area contributed by atoms with Gasteiger partial charge in [0, 0.05) is 18.3 Å². The van der Waals surface area contributed by atoms with Crippen LogP contribution in [-0.2, 0) is 11.3 Å². The van der Waals surface area contributed by atoms with Crippen LogP contribution in [0.2, 0.25) is 0 Å². The third-order valence-corrected chi connectivity index (χ3v) is 3.68. The molecule has 0 atom stereocenters. The van der Waals surface area contributed by atoms with Gasteiger partial charge in [-0.05, 0) is 30.5 Å². The van der Waals surface area contributed by atoms with Crippen LogP contribution in [0.3, 0.4) is 0 Å². The van der Waals surface area contributed by atoms with Gasteiger partial charge >= 0.3 is 0 Å². The topological polar surface area (TPSA) is 72.4 Å². The molecule has 0 heterocycles. The van der Waals surface area contributed by atoms with Crippen molar-refractivity contribution in [2.45, 2.75) is 38.3 Å². The molecule has 4 nitrogen and oxygen atoms in total. The smallest absolute Gasteiger partial charge is 0.231 e. The number of nitrogens with zero attached hydrogens (tertiary/aromatic N) is 1. The Morgan fingerprint density at radius 1 is 1.37 bits per heavy atom. The first-order valence-electron chi connectivity index (χ1n) is 6.62. The van der Waals surface area contributed by atoms with Gasteiger partial charge in [0.25, 0.3) is 0 Å². The van der Waals surface area contributed by atoms with Gasteiger partial charge in [-0.15, -0.1) is 0 Å². The van der Waals surface area contributed by atoms with Gasteiger partial charge in [-0.1, -0.05) is 18.9 Å². The summed E-state index contributed by atoms with van der Waals surface area (Å²) in [5.74, 6) is -0.684. The molecule has 1 aromatic rings. The van der Waals surface area contributed by atoms with E-state index in [9.17, 15) is 9.18 Å². The van der Waals surface area contributed by atoms with E-state index in [-0.39, 0.29) is 18.3 Å². The Bertz CT molecular complexity index is 458. The second-order valence-corrected chi connectivity index (χ2v) is 5.15. The minimum Gasteiger partial charge on any atom is -0.398 e. The van der Waals surface area contributed by atoms with Gasteiger partial charge in [-0.2, -0.15) is 0 Å². The monoisotopic (exact) mass is 265 g/mol. The number of hydrogen-bond acceptors (Lipinski definition) is 3. The van der Waals surface area contributed by atoms with Crippen LogP contribution in [0, 0.1) is 5.82 Å². The molecule has 0 spiro atoms. The maximum Gasteiger partial charge on any atom is 0.231 e. The number of halogens is 1. The molecular formula is C14H20FN3O. The SMILES string of the molecule is NC(=O)CN(Cc1ccc(F)cc1N)C1CCCC1. The zero-order valence-electron chi connectivity index (χ0n) is 10.9. The van der Waals surface area contributed by atoms with Crippen molar-refractivity contribution in [3.63, 3.8) is 0 Å². The van der Waals surface area contributed by atoms with Crippen LogP contribution in [-0.4, -0.2) is 23.4 Å². The molecule has 19 heavy (non-hydrogen) atoms. The van der Waals surface area contributed by atoms with Crippen molar-refractivity contribution in [1.82, 2.24) is 4.90 Å². The lowest BCUT2D eigenvalue weighted by atomic mass is 10.1. The number of anilines is 1. The van der Waals surface area contributed by atoms with E-state index >= 15 is 0 Å². The summed E-state index contributed by atoms with van der Waals surface area (Å²) < 4.78 is 13.0. The summed E-state index contributed by atoms with van der Waals surface area (Å²) >= 11 is 0. The fraction of sp³-hybridized carbons (Fsp3) is 0.500. The van der Waals surface area contributed by atoms with Crippen molar-refractivity contribution in [1.29, 1.82) is 0 Å². The van der Waals surface area contributed by atoms with Crippen molar-refractivity contribution in [3.8, 4) is 0 Å². The minimum absolute atomic E-state index is 0.224. The molecule has 0 bridgehead atoms. The lowest BCUT2D eigenvalue weighted by Crippen LogP contribution is -2.39. The number of benzene rings is 1. The van der Waals surface area contributed by atoms with Crippen molar-refractivity contribution in [2.75, 3.05) is 12.3 Å². The molecule has 0 aromatic heterocycles. The summed E-state index contributed by atoms with van der Waals surface area (Å²) in [4.78, 5) is 13.2. The van der Waals surface area contributed by atoms with Crippen LogP contribution >= 0.6 is 0 Å². The highest BCUT2D eigenvalue weighted by atomic mass is 19.1. The van der Waals surface area contributed by atoms with Crippen LogP contribution in [0.1, 0.15) is 31.2 Å². The molecule has 1 amide bonds. The summed E-state index contributed by atoms with van der Waals surface area (Å²) in [5.41, 5.74) is 12.4. The normalized spacial score (nSPS) is 16.1. The average molecular weight is 265 g/mol. The number of amides is 1. The molecule has 1 aliphatic rings. The highest BCUT2D eigenvalue weighted by Gasteiger charge is 2.24. The highest BCUT2D eigenvalue weighted by molar-refractivity contribution is 5.76. The minimum atomic E-state index is -0.344. The largest absolute Gasteiger partial charge is 0.398 e. The second kappa shape index (κ2) is 6.02. The van der Waals surface area contributed by atoms with Gasteiger partial charge in [-0.25, -0.2) is 4.39 Å². The van der Waals surface area contributed by atoms with Crippen LogP contribution in [0.15, 0.2) is 18.2 Å². The lowest BCUT2D eigenvalue weighted by molar-refractivity contribution is -0.119. The first-order valence-corrected chi connectivity index (χ1v) is 6.62. The van der Waals surface area contributed by atoms with Gasteiger partial charge in [0.2, 0.25) is 5.91 Å². The predicted octanol–water partition coefficient (Wildman–Crippen LogP) is 1.64. The highest BCUT2D eigenvalue weighted by Crippen LogP contribution is 2.26. The maximum absolute atomic E-state index is 13.0. The standard InChI is InChI=1S/C14H20FN3O/c15-11-6-5-10(13(16)7-11)8-18(9-14(17)19)12-3-1-2-4-12/h5-7,12H,1-4,8-9,16H2,(H2,17,19). The molecule has 2 rings (SSSR count). The van der Waals surface area contributed by atoms with Gasteiger partial charge in [0.15, 0.2) is 0 Å². The summed E-state index contributed by atoms with van der Waals surface area (Å²) in [6.07, 6.45) is 4.51. The van der Waals surface area contributed by atoms with Crippen molar-refractivity contribution < 1.29 is 9.18 Å². The van der Waals surface area contributed by atoms with Crippen LogP contribution in [0.4, 0.5) is 10.1 Å². The molecule has 1 aliphatic carbocycles. The number of nitrogens with two attached hydrogens (primary N) is 2. The lowest BCUT2D eigenvalue weighted by Gasteiger charge is -2.28. The summed E-state index contributed by atoms with van der Waals surface area (Å²) in [7, 11) is 0. The first kappa shape index (κ1) is 13.8. The molecule has 1 fully saturated rings. The van der Waals surface area contributed by atoms with E-state index in [1.807, 2.05) is 0 Å². The number of rotatable bonds is 5. The Hall–Kier alpha value is -1.62. The summed E-state index contributed by atoms with van der Waals surface area (Å²) in [5, 5.41) is 0. The van der Waals surface area contributed by atoms with E-state index in [1.54, 1.807) is 6.07 Å². The number of primary amides is 1. The average Bonchev–Trinajstić information content (AvgIpc) is 2.84. The van der Waals surface area contributed by atoms with E-state index < -0.39 is 0 Å². The number of nitrogen functional groups attached to an aromatic ring is 1. The van der Waals surface area contributed by atoms with Crippen molar-refractivity contribution >= 4 is 11.6 Å². The van der Waals surface area contributed by atoms with E-state index in [4.69, 9.17) is 11.5 Å². The Morgan fingerprint density at radius 3 is 2.63 bits per heavy atom. The molecule has 4 N–H and O–H groups in total. The Kier molecular flexibility index (Phi) is 4.37. The third-order valence-electron chi connectivity index (χ3n) is 3.68. The second-order valence-electron chi connectivity index (χ2n) is 5.15. The predicted molar refractivity (Wildman–Crippen MR) is 72.7 cm³/mol. The molecule has 1 aromatic carbocycles. The fourth-order valence-electron chi connectivity index (χ4n) is 2.71. The quantitative estimate of drug-likeness (QED) is 0.795. The fourth-order valence-corrected chi connectivity index (χ4v) is 2.71. The molecule has 104 valence electrons. The van der Waals surface area contributed by atoms with Crippen LogP contribution < -0.4 is 11.5 Å². The zero-order chi connectivity index (χ0) is 13.8. The molecule has 1 saturated carbocycles. The van der Waals surface area contributed by atoms with Gasteiger partial charge in [0.05, 0.1) is 6.54 Å². The van der Waals surface area contributed by atoms with E-state index in [1.165, 1.54) is 25.0 Å². The summed E-state index contributed by atoms with van der Waals surface area (Å²) in [6.45, 7) is 0.765. The van der Waals surface area contributed by atoms with Gasteiger partial charge < -0.3 is 11.5 Å². The van der Waals surface area contributed by atoms with Crippen LogP contribution in [0.5, 0.6) is 0 Å². The van der Waals surface area contributed by atoms with E-state index in [2.05, 4.69) is 4.90 Å². The Balaban J connectivity index is 2.12. The Morgan fingerprint density at radius 2 is 2.05 bits per heavy atom. The third kappa shape index (κ3) is 3.67. The van der Waals surface area contributed by atoms with Crippen molar-refractivity contribution in [2.24, 2.45) is 5.73 Å². The number of carbonyl (C=O) groups is 1. The molecule has 5 heteroatoms. The number of hydrogen-bond donors (Lipinski definition) is 2. The first-order chi connectivity index (χ1) is 9.06. The molecule has 0 saturated heterocycles. The Labute approximate surface area is 112 Å². The summed E-state index contributed by atoms with van der Waals surface area (Å²) in [6, 6.07) is 4.75.